The third kappa shape index (κ3) is 7.03. The Morgan fingerprint density at radius 2 is 1.62 bits per heavy atom. The summed E-state index contributed by atoms with van der Waals surface area (Å²) in [6.07, 6.45) is 4.87. The molecule has 1 N–H and O–H groups in total. The van der Waals surface area contributed by atoms with E-state index >= 15 is 0 Å². The number of carbonyl (C=O) groups is 1. The number of aryl methyl sites for hydroxylation is 2. The highest BCUT2D eigenvalue weighted by Gasteiger charge is 2.22. The van der Waals surface area contributed by atoms with Crippen LogP contribution < -0.4 is 14.8 Å². The average Bonchev–Trinajstić information content (AvgIpc) is 2.94. The lowest BCUT2D eigenvalue weighted by atomic mass is 10.1. The van der Waals surface area contributed by atoms with Crippen LogP contribution in [-0.2, 0) is 22.0 Å². The number of aromatic nitrogens is 1. The van der Waals surface area contributed by atoms with Gasteiger partial charge in [0.25, 0.3) is 5.91 Å². The Hall–Kier alpha value is -4.17. The minimum atomic E-state index is -3.70. The predicted molar refractivity (Wildman–Crippen MR) is 152 cm³/mol. The van der Waals surface area contributed by atoms with E-state index in [1.54, 1.807) is 42.7 Å². The second kappa shape index (κ2) is 12.6. The lowest BCUT2D eigenvalue weighted by Crippen LogP contribution is -2.25. The number of pyridine rings is 1. The molecular weight excluding hydrogens is 512 g/mol. The maximum atomic E-state index is 13.5. The Morgan fingerprint density at radius 3 is 2.38 bits per heavy atom. The minimum Gasteiger partial charge on any atom is -0.496 e. The van der Waals surface area contributed by atoms with E-state index in [1.165, 1.54) is 14.2 Å². The number of benzene rings is 3. The van der Waals surface area contributed by atoms with Crippen molar-refractivity contribution >= 4 is 15.7 Å². The molecule has 7 nitrogen and oxygen atoms in total. The maximum absolute atomic E-state index is 13.5. The number of sulfone groups is 1. The molecule has 0 aliphatic rings. The van der Waals surface area contributed by atoms with Crippen LogP contribution in [0, 0.1) is 6.92 Å². The molecule has 0 radical (unpaired) electrons. The van der Waals surface area contributed by atoms with E-state index in [0.717, 1.165) is 22.3 Å². The normalized spacial score (nSPS) is 11.2. The Morgan fingerprint density at radius 1 is 0.846 bits per heavy atom. The van der Waals surface area contributed by atoms with Crippen LogP contribution in [0.25, 0.3) is 11.1 Å². The van der Waals surface area contributed by atoms with Gasteiger partial charge in [0.1, 0.15) is 16.4 Å². The molecule has 39 heavy (non-hydrogen) atoms. The highest BCUT2D eigenvalue weighted by atomic mass is 32.2. The van der Waals surface area contributed by atoms with Crippen LogP contribution in [-0.4, -0.2) is 40.1 Å². The first-order chi connectivity index (χ1) is 18.8. The molecular formula is C31H32N2O5S. The van der Waals surface area contributed by atoms with Crippen molar-refractivity contribution < 1.29 is 22.7 Å². The second-order valence-electron chi connectivity index (χ2n) is 9.26. The molecule has 0 bridgehead atoms. The van der Waals surface area contributed by atoms with Crippen molar-refractivity contribution in [2.75, 3.05) is 20.8 Å². The zero-order chi connectivity index (χ0) is 27.8. The van der Waals surface area contributed by atoms with Crippen molar-refractivity contribution in [1.29, 1.82) is 0 Å². The van der Waals surface area contributed by atoms with E-state index in [9.17, 15) is 13.2 Å². The zero-order valence-corrected chi connectivity index (χ0v) is 23.1. The molecule has 0 spiro atoms. The van der Waals surface area contributed by atoms with Crippen LogP contribution in [0.2, 0.25) is 0 Å². The first kappa shape index (κ1) is 27.9. The molecule has 0 saturated carbocycles. The van der Waals surface area contributed by atoms with Crippen LogP contribution in [0.5, 0.6) is 11.5 Å². The van der Waals surface area contributed by atoms with Crippen molar-refractivity contribution in [3.05, 3.63) is 107 Å². The molecule has 0 fully saturated rings. The van der Waals surface area contributed by atoms with Crippen molar-refractivity contribution in [3.8, 4) is 22.6 Å². The van der Waals surface area contributed by atoms with Gasteiger partial charge in [0.15, 0.2) is 9.84 Å². The number of rotatable bonds is 11. The Balaban J connectivity index is 1.43. The zero-order valence-electron chi connectivity index (χ0n) is 22.3. The number of ether oxygens (including phenoxy) is 2. The molecule has 0 aliphatic carbocycles. The molecule has 0 aliphatic heterocycles. The monoisotopic (exact) mass is 544 g/mol. The van der Waals surface area contributed by atoms with Gasteiger partial charge in [-0.2, -0.15) is 0 Å². The van der Waals surface area contributed by atoms with E-state index in [2.05, 4.69) is 10.3 Å². The lowest BCUT2D eigenvalue weighted by molar-refractivity contribution is 0.0950. The molecule has 0 atom stereocenters. The summed E-state index contributed by atoms with van der Waals surface area (Å²) in [6, 6.07) is 21.8. The van der Waals surface area contributed by atoms with Crippen molar-refractivity contribution in [1.82, 2.24) is 10.3 Å². The number of para-hydroxylation sites is 1. The Labute approximate surface area is 229 Å². The van der Waals surface area contributed by atoms with E-state index in [1.807, 2.05) is 49.4 Å². The van der Waals surface area contributed by atoms with Gasteiger partial charge >= 0.3 is 0 Å². The molecule has 1 amide bonds. The highest BCUT2D eigenvalue weighted by Crippen LogP contribution is 2.32. The molecule has 1 aromatic heterocycles. The van der Waals surface area contributed by atoms with Crippen LogP contribution in [0.4, 0.5) is 0 Å². The van der Waals surface area contributed by atoms with E-state index in [0.29, 0.717) is 42.0 Å². The van der Waals surface area contributed by atoms with Crippen LogP contribution in [0.15, 0.2) is 90.1 Å². The number of hydrogen-bond acceptors (Lipinski definition) is 6. The average molecular weight is 545 g/mol. The van der Waals surface area contributed by atoms with E-state index in [-0.39, 0.29) is 16.6 Å². The number of nitrogens with one attached hydrogen (secondary N) is 1. The Bertz CT molecular complexity index is 1570. The summed E-state index contributed by atoms with van der Waals surface area (Å²) in [5.41, 5.74) is 4.77. The van der Waals surface area contributed by atoms with Crippen LogP contribution >= 0.6 is 0 Å². The van der Waals surface area contributed by atoms with Crippen LogP contribution in [0.1, 0.15) is 33.5 Å². The lowest BCUT2D eigenvalue weighted by Gasteiger charge is -2.13. The largest absolute Gasteiger partial charge is 0.496 e. The fraction of sp³-hybridized carbons (Fsp3) is 0.226. The van der Waals surface area contributed by atoms with E-state index in [4.69, 9.17) is 9.47 Å². The van der Waals surface area contributed by atoms with Gasteiger partial charge in [-0.1, -0.05) is 42.5 Å². The molecule has 0 saturated heterocycles. The minimum absolute atomic E-state index is 0.147. The number of nitrogens with zero attached hydrogens (tertiary/aromatic N) is 1. The van der Waals surface area contributed by atoms with Gasteiger partial charge in [-0.05, 0) is 72.4 Å². The van der Waals surface area contributed by atoms with Gasteiger partial charge in [-0.3, -0.25) is 9.78 Å². The van der Waals surface area contributed by atoms with Gasteiger partial charge < -0.3 is 14.8 Å². The molecule has 4 rings (SSSR count). The van der Waals surface area contributed by atoms with E-state index < -0.39 is 9.84 Å². The molecule has 202 valence electrons. The number of carbonyl (C=O) groups excluding carboxylic acids is 1. The SMILES string of the molecule is COc1ccccc1C(=O)NCCCc1cccc(CS(=O)(=O)c2cc(-c3cncc(C)c3)ccc2OC)c1. The molecule has 1 heterocycles. The summed E-state index contributed by atoms with van der Waals surface area (Å²) < 4.78 is 37.7. The van der Waals surface area contributed by atoms with Gasteiger partial charge in [-0.15, -0.1) is 0 Å². The summed E-state index contributed by atoms with van der Waals surface area (Å²) >= 11 is 0. The van der Waals surface area contributed by atoms with Crippen LogP contribution in [0.3, 0.4) is 0 Å². The van der Waals surface area contributed by atoms with Gasteiger partial charge in [0.2, 0.25) is 0 Å². The second-order valence-corrected chi connectivity index (χ2v) is 11.2. The topological polar surface area (TPSA) is 94.6 Å². The molecule has 8 heteroatoms. The summed E-state index contributed by atoms with van der Waals surface area (Å²) in [7, 11) is -0.698. The van der Waals surface area contributed by atoms with Gasteiger partial charge in [0.05, 0.1) is 25.5 Å². The van der Waals surface area contributed by atoms with Gasteiger partial charge in [-0.25, -0.2) is 8.42 Å². The van der Waals surface area contributed by atoms with Gasteiger partial charge in [0, 0.05) is 24.5 Å². The fourth-order valence-corrected chi connectivity index (χ4v) is 5.94. The summed E-state index contributed by atoms with van der Waals surface area (Å²) in [6.45, 7) is 2.43. The van der Waals surface area contributed by atoms with Crippen molar-refractivity contribution in [2.45, 2.75) is 30.4 Å². The third-order valence-electron chi connectivity index (χ3n) is 6.33. The molecule has 0 unspecified atom stereocenters. The smallest absolute Gasteiger partial charge is 0.255 e. The fourth-order valence-electron chi connectivity index (χ4n) is 4.41. The summed E-state index contributed by atoms with van der Waals surface area (Å²) in [4.78, 5) is 16.9. The maximum Gasteiger partial charge on any atom is 0.255 e. The van der Waals surface area contributed by atoms with Crippen molar-refractivity contribution in [2.24, 2.45) is 0 Å². The first-order valence-corrected chi connectivity index (χ1v) is 14.3. The van der Waals surface area contributed by atoms with Crippen molar-refractivity contribution in [3.63, 3.8) is 0 Å². The third-order valence-corrected chi connectivity index (χ3v) is 8.04. The molecule has 4 aromatic rings. The number of methoxy groups -OCH3 is 2. The standard InChI is InChI=1S/C31H32N2O5S/c1-22-16-26(20-32-19-22)25-13-14-29(38-3)30(18-25)39(35,36)21-24-9-6-8-23(17-24)10-7-15-33-31(34)27-11-4-5-12-28(27)37-2/h4-6,8-9,11-14,16-20H,7,10,15,21H2,1-3H3,(H,33,34). The summed E-state index contributed by atoms with van der Waals surface area (Å²) in [5, 5.41) is 2.92. The number of hydrogen-bond donors (Lipinski definition) is 1. The summed E-state index contributed by atoms with van der Waals surface area (Å²) in [5.74, 6) is 0.491. The predicted octanol–water partition coefficient (Wildman–Crippen LogP) is 5.41. The first-order valence-electron chi connectivity index (χ1n) is 12.6. The quantitative estimate of drug-likeness (QED) is 0.254. The highest BCUT2D eigenvalue weighted by molar-refractivity contribution is 7.90. The Kier molecular flexibility index (Phi) is 8.99. The molecule has 3 aromatic carbocycles. The number of amides is 1.